The molecule has 84 valence electrons. The van der Waals surface area contributed by atoms with E-state index in [1.54, 1.807) is 13.8 Å². The molecular formula is C10H14F2N2O. The molecule has 0 radical (unpaired) electrons. The first kappa shape index (κ1) is 11.7. The summed E-state index contributed by atoms with van der Waals surface area (Å²) in [6.45, 7) is 3.30. The topological polar surface area (TPSA) is 58.3 Å². The van der Waals surface area contributed by atoms with E-state index < -0.39 is 17.2 Å². The summed E-state index contributed by atoms with van der Waals surface area (Å²) in [5.74, 6) is -1.52. The Bertz CT molecular complexity index is 361. The predicted molar refractivity (Wildman–Crippen MR) is 55.6 cm³/mol. The Hall–Kier alpha value is -1.36. The van der Waals surface area contributed by atoms with Crippen molar-refractivity contribution in [2.75, 3.05) is 17.6 Å². The van der Waals surface area contributed by atoms with Crippen LogP contribution in [0.4, 0.5) is 20.2 Å². The molecule has 0 atom stereocenters. The van der Waals surface area contributed by atoms with Crippen LogP contribution >= 0.6 is 0 Å². The maximum Gasteiger partial charge on any atom is 0.151 e. The van der Waals surface area contributed by atoms with Gasteiger partial charge in [0, 0.05) is 12.6 Å². The Labute approximate surface area is 86.9 Å². The lowest BCUT2D eigenvalue weighted by atomic mass is 10.1. The van der Waals surface area contributed by atoms with E-state index >= 15 is 0 Å². The molecule has 0 spiro atoms. The van der Waals surface area contributed by atoms with Crippen molar-refractivity contribution in [2.24, 2.45) is 0 Å². The molecule has 5 heteroatoms. The Balaban J connectivity index is 2.86. The average Bonchev–Trinajstić information content (AvgIpc) is 2.07. The summed E-state index contributed by atoms with van der Waals surface area (Å²) in [6, 6.07) is 1.80. The summed E-state index contributed by atoms with van der Waals surface area (Å²) >= 11 is 0. The molecule has 1 rings (SSSR count). The van der Waals surface area contributed by atoms with Gasteiger partial charge in [0.1, 0.15) is 5.82 Å². The molecule has 0 saturated carbocycles. The van der Waals surface area contributed by atoms with Crippen LogP contribution in [0.1, 0.15) is 13.8 Å². The van der Waals surface area contributed by atoms with Crippen LogP contribution in [-0.2, 0) is 0 Å². The Morgan fingerprint density at radius 2 is 2.00 bits per heavy atom. The molecule has 0 heterocycles. The zero-order chi connectivity index (χ0) is 11.6. The van der Waals surface area contributed by atoms with E-state index in [9.17, 15) is 13.9 Å². The van der Waals surface area contributed by atoms with Gasteiger partial charge in [-0.15, -0.1) is 0 Å². The molecule has 1 aromatic carbocycles. The van der Waals surface area contributed by atoms with Crippen molar-refractivity contribution in [3.05, 3.63) is 23.8 Å². The highest BCUT2D eigenvalue weighted by Crippen LogP contribution is 2.23. The molecule has 15 heavy (non-hydrogen) atoms. The van der Waals surface area contributed by atoms with Crippen molar-refractivity contribution in [1.82, 2.24) is 0 Å². The Kier molecular flexibility index (Phi) is 3.14. The second kappa shape index (κ2) is 4.02. The smallest absolute Gasteiger partial charge is 0.151 e. The highest BCUT2D eigenvalue weighted by molar-refractivity contribution is 5.66. The van der Waals surface area contributed by atoms with Gasteiger partial charge < -0.3 is 16.2 Å². The summed E-state index contributed by atoms with van der Waals surface area (Å²) in [6.07, 6.45) is 0. The standard InChI is InChI=1S/C10H14F2N2O/c1-10(2,15)5-14-8-4-6(11)3-7(12)9(8)13/h3-4,14-15H,5,13H2,1-2H3. The summed E-state index contributed by atoms with van der Waals surface area (Å²) in [5.41, 5.74) is 4.41. The fourth-order valence-electron chi connectivity index (χ4n) is 1.04. The molecule has 0 bridgehead atoms. The van der Waals surface area contributed by atoms with Crippen molar-refractivity contribution in [1.29, 1.82) is 0 Å². The summed E-state index contributed by atoms with van der Waals surface area (Å²) in [5, 5.41) is 12.1. The van der Waals surface area contributed by atoms with E-state index in [-0.39, 0.29) is 17.9 Å². The van der Waals surface area contributed by atoms with Crippen molar-refractivity contribution in [3.8, 4) is 0 Å². The fraction of sp³-hybridized carbons (Fsp3) is 0.400. The van der Waals surface area contributed by atoms with Gasteiger partial charge >= 0.3 is 0 Å². The van der Waals surface area contributed by atoms with Crippen molar-refractivity contribution >= 4 is 11.4 Å². The second-order valence-electron chi connectivity index (χ2n) is 4.01. The lowest BCUT2D eigenvalue weighted by Crippen LogP contribution is -2.29. The third-order valence-corrected chi connectivity index (χ3v) is 1.81. The van der Waals surface area contributed by atoms with E-state index in [1.165, 1.54) is 0 Å². The van der Waals surface area contributed by atoms with Crippen molar-refractivity contribution < 1.29 is 13.9 Å². The maximum absolute atomic E-state index is 13.0. The number of hydrogen-bond acceptors (Lipinski definition) is 3. The lowest BCUT2D eigenvalue weighted by molar-refractivity contribution is 0.0945. The molecule has 0 fully saturated rings. The summed E-state index contributed by atoms with van der Waals surface area (Å²) in [7, 11) is 0. The van der Waals surface area contributed by atoms with Crippen molar-refractivity contribution in [2.45, 2.75) is 19.4 Å². The number of benzene rings is 1. The van der Waals surface area contributed by atoms with Gasteiger partial charge in [-0.3, -0.25) is 0 Å². The van der Waals surface area contributed by atoms with Gasteiger partial charge in [0.05, 0.1) is 17.0 Å². The number of halogens is 2. The van der Waals surface area contributed by atoms with E-state index in [4.69, 9.17) is 5.73 Å². The molecule has 0 aliphatic heterocycles. The molecule has 4 N–H and O–H groups in total. The molecule has 3 nitrogen and oxygen atoms in total. The van der Waals surface area contributed by atoms with Gasteiger partial charge in [0.15, 0.2) is 5.82 Å². The lowest BCUT2D eigenvalue weighted by Gasteiger charge is -2.19. The summed E-state index contributed by atoms with van der Waals surface area (Å²) in [4.78, 5) is 0. The highest BCUT2D eigenvalue weighted by atomic mass is 19.1. The maximum atomic E-state index is 13.0. The quantitative estimate of drug-likeness (QED) is 0.674. The minimum absolute atomic E-state index is 0.148. The molecule has 0 aliphatic carbocycles. The van der Waals surface area contributed by atoms with E-state index in [2.05, 4.69) is 5.32 Å². The van der Waals surface area contributed by atoms with E-state index in [0.717, 1.165) is 6.07 Å². The third-order valence-electron chi connectivity index (χ3n) is 1.81. The van der Waals surface area contributed by atoms with Crippen LogP contribution in [0.25, 0.3) is 0 Å². The molecular weight excluding hydrogens is 202 g/mol. The van der Waals surface area contributed by atoms with Gasteiger partial charge in [0.2, 0.25) is 0 Å². The highest BCUT2D eigenvalue weighted by Gasteiger charge is 2.14. The van der Waals surface area contributed by atoms with Gasteiger partial charge in [-0.05, 0) is 19.9 Å². The largest absolute Gasteiger partial charge is 0.395 e. The van der Waals surface area contributed by atoms with Crippen LogP contribution in [0.3, 0.4) is 0 Å². The number of hydrogen-bond donors (Lipinski definition) is 3. The molecule has 0 aliphatic rings. The van der Waals surface area contributed by atoms with Gasteiger partial charge in [0.25, 0.3) is 0 Å². The third kappa shape index (κ3) is 3.36. The minimum atomic E-state index is -0.977. The van der Waals surface area contributed by atoms with Gasteiger partial charge in [-0.2, -0.15) is 0 Å². The molecule has 0 unspecified atom stereocenters. The number of nitrogen functional groups attached to an aromatic ring is 1. The monoisotopic (exact) mass is 216 g/mol. The number of aliphatic hydroxyl groups is 1. The van der Waals surface area contributed by atoms with Crippen LogP contribution in [0.15, 0.2) is 12.1 Å². The zero-order valence-electron chi connectivity index (χ0n) is 8.64. The zero-order valence-corrected chi connectivity index (χ0v) is 8.64. The van der Waals surface area contributed by atoms with Crippen LogP contribution in [-0.4, -0.2) is 17.3 Å². The van der Waals surface area contributed by atoms with Gasteiger partial charge in [-0.25, -0.2) is 8.78 Å². The van der Waals surface area contributed by atoms with E-state index in [1.807, 2.05) is 0 Å². The number of anilines is 2. The first-order valence-corrected chi connectivity index (χ1v) is 4.50. The fourth-order valence-corrected chi connectivity index (χ4v) is 1.04. The predicted octanol–water partition coefficient (Wildman–Crippen LogP) is 1.73. The average molecular weight is 216 g/mol. The van der Waals surface area contributed by atoms with Crippen molar-refractivity contribution in [3.63, 3.8) is 0 Å². The molecule has 0 aromatic heterocycles. The Morgan fingerprint density at radius 3 is 2.53 bits per heavy atom. The second-order valence-corrected chi connectivity index (χ2v) is 4.01. The normalized spacial score (nSPS) is 11.5. The first-order valence-electron chi connectivity index (χ1n) is 4.50. The number of nitrogens with one attached hydrogen (secondary N) is 1. The molecule has 1 aromatic rings. The molecule has 0 saturated heterocycles. The van der Waals surface area contributed by atoms with E-state index in [0.29, 0.717) is 6.07 Å². The first-order chi connectivity index (χ1) is 6.79. The summed E-state index contributed by atoms with van der Waals surface area (Å²) < 4.78 is 25.8. The van der Waals surface area contributed by atoms with Crippen LogP contribution in [0, 0.1) is 11.6 Å². The van der Waals surface area contributed by atoms with Crippen LogP contribution < -0.4 is 11.1 Å². The minimum Gasteiger partial charge on any atom is -0.395 e. The molecule has 0 amide bonds. The van der Waals surface area contributed by atoms with Crippen LogP contribution in [0.2, 0.25) is 0 Å². The van der Waals surface area contributed by atoms with Crippen LogP contribution in [0.5, 0.6) is 0 Å². The van der Waals surface area contributed by atoms with Gasteiger partial charge in [-0.1, -0.05) is 0 Å². The Morgan fingerprint density at radius 1 is 1.40 bits per heavy atom. The number of nitrogens with two attached hydrogens (primary N) is 1. The number of rotatable bonds is 3. The SMILES string of the molecule is CC(C)(O)CNc1cc(F)cc(F)c1N.